The summed E-state index contributed by atoms with van der Waals surface area (Å²) in [6, 6.07) is 16.9. The Labute approximate surface area is 151 Å². The molecule has 3 rings (SSSR count). The number of aromatic nitrogens is 2. The summed E-state index contributed by atoms with van der Waals surface area (Å²) in [5.41, 5.74) is 3.16. The second-order valence-corrected chi connectivity index (χ2v) is 5.57. The fourth-order valence-corrected chi connectivity index (χ4v) is 2.36. The Morgan fingerprint density at radius 1 is 1.08 bits per heavy atom. The number of carbonyl (C=O) groups excluding carboxylic acids is 1. The van der Waals surface area contributed by atoms with Crippen molar-refractivity contribution < 1.29 is 4.79 Å². The lowest BCUT2D eigenvalue weighted by Gasteiger charge is -2.08. The van der Waals surface area contributed by atoms with E-state index in [4.69, 9.17) is 5.26 Å². The van der Waals surface area contributed by atoms with Gasteiger partial charge in [0.05, 0.1) is 23.6 Å². The first kappa shape index (κ1) is 17.1. The predicted octanol–water partition coefficient (Wildman–Crippen LogP) is 3.91. The number of nitriles is 1. The Morgan fingerprint density at radius 2 is 1.85 bits per heavy atom. The van der Waals surface area contributed by atoms with E-state index in [9.17, 15) is 4.79 Å². The Balaban J connectivity index is 1.68. The monoisotopic (exact) mass is 343 g/mol. The molecule has 1 amide bonds. The van der Waals surface area contributed by atoms with Gasteiger partial charge in [-0.2, -0.15) is 5.26 Å². The highest BCUT2D eigenvalue weighted by Gasteiger charge is 2.11. The topological polar surface area (TPSA) is 90.7 Å². The molecule has 0 aliphatic carbocycles. The number of benzene rings is 2. The third-order valence-electron chi connectivity index (χ3n) is 3.81. The molecule has 6 nitrogen and oxygen atoms in total. The van der Waals surface area contributed by atoms with Crippen molar-refractivity contribution >= 4 is 23.1 Å². The van der Waals surface area contributed by atoms with E-state index in [1.807, 2.05) is 30.3 Å². The van der Waals surface area contributed by atoms with E-state index in [1.165, 1.54) is 18.0 Å². The minimum atomic E-state index is -0.418. The molecule has 0 radical (unpaired) electrons. The number of rotatable bonds is 5. The first-order valence-electron chi connectivity index (χ1n) is 8.18. The summed E-state index contributed by atoms with van der Waals surface area (Å²) in [7, 11) is 0. The van der Waals surface area contributed by atoms with Gasteiger partial charge >= 0.3 is 0 Å². The Kier molecular flexibility index (Phi) is 5.20. The molecule has 0 aliphatic rings. The van der Waals surface area contributed by atoms with Gasteiger partial charge in [-0.1, -0.05) is 31.2 Å². The van der Waals surface area contributed by atoms with Crippen LogP contribution in [0, 0.1) is 11.3 Å². The molecule has 0 atom stereocenters. The van der Waals surface area contributed by atoms with Gasteiger partial charge < -0.3 is 10.6 Å². The first-order chi connectivity index (χ1) is 12.7. The molecule has 1 heterocycles. The number of hydrogen-bond acceptors (Lipinski definition) is 5. The third-order valence-corrected chi connectivity index (χ3v) is 3.81. The normalized spacial score (nSPS) is 10.0. The van der Waals surface area contributed by atoms with Crippen LogP contribution < -0.4 is 10.6 Å². The average molecular weight is 343 g/mol. The fraction of sp³-hybridized carbons (Fsp3) is 0.100. The lowest BCUT2D eigenvalue weighted by atomic mass is 10.1. The molecule has 0 saturated carbocycles. The van der Waals surface area contributed by atoms with Crippen molar-refractivity contribution in [2.75, 3.05) is 10.6 Å². The molecule has 0 aliphatic heterocycles. The van der Waals surface area contributed by atoms with Crippen LogP contribution in [0.15, 0.2) is 60.9 Å². The van der Waals surface area contributed by atoms with Gasteiger partial charge in [-0.05, 0) is 36.2 Å². The zero-order chi connectivity index (χ0) is 18.4. The number of aryl methyl sites for hydroxylation is 1. The van der Waals surface area contributed by atoms with Crippen LogP contribution in [0.5, 0.6) is 0 Å². The van der Waals surface area contributed by atoms with Crippen molar-refractivity contribution in [1.29, 1.82) is 5.26 Å². The highest BCUT2D eigenvalue weighted by molar-refractivity contribution is 6.03. The second-order valence-electron chi connectivity index (χ2n) is 5.57. The number of carbonyl (C=O) groups is 1. The molecule has 0 fully saturated rings. The first-order valence-corrected chi connectivity index (χ1v) is 8.18. The summed E-state index contributed by atoms with van der Waals surface area (Å²) in [4.78, 5) is 20.6. The van der Waals surface area contributed by atoms with Crippen molar-refractivity contribution in [3.63, 3.8) is 0 Å². The molecular weight excluding hydrogens is 326 g/mol. The van der Waals surface area contributed by atoms with E-state index in [1.54, 1.807) is 24.3 Å². The SMILES string of the molecule is CCc1ccc(Nc2cnc(C(=O)Nc3ccccc3C#N)cn2)cc1. The minimum Gasteiger partial charge on any atom is -0.339 e. The number of amides is 1. The van der Waals surface area contributed by atoms with Crippen LogP contribution in [-0.2, 0) is 6.42 Å². The van der Waals surface area contributed by atoms with Gasteiger partial charge in [0.1, 0.15) is 17.6 Å². The molecule has 0 unspecified atom stereocenters. The van der Waals surface area contributed by atoms with Crippen molar-refractivity contribution in [1.82, 2.24) is 9.97 Å². The van der Waals surface area contributed by atoms with Gasteiger partial charge in [0.15, 0.2) is 0 Å². The van der Waals surface area contributed by atoms with Crippen molar-refractivity contribution in [3.05, 3.63) is 77.7 Å². The molecule has 2 N–H and O–H groups in total. The van der Waals surface area contributed by atoms with Crippen molar-refractivity contribution in [3.8, 4) is 6.07 Å². The van der Waals surface area contributed by atoms with Crippen molar-refractivity contribution in [2.45, 2.75) is 13.3 Å². The van der Waals surface area contributed by atoms with Crippen LogP contribution in [0.1, 0.15) is 28.5 Å². The number of nitrogens with zero attached hydrogens (tertiary/aromatic N) is 3. The van der Waals surface area contributed by atoms with E-state index >= 15 is 0 Å². The van der Waals surface area contributed by atoms with Gasteiger partial charge in [-0.25, -0.2) is 9.97 Å². The molecule has 0 saturated heterocycles. The van der Waals surface area contributed by atoms with E-state index in [0.717, 1.165) is 12.1 Å². The smallest absolute Gasteiger partial charge is 0.275 e. The van der Waals surface area contributed by atoms with Crippen LogP contribution in [-0.4, -0.2) is 15.9 Å². The van der Waals surface area contributed by atoms with E-state index in [-0.39, 0.29) is 5.69 Å². The lowest BCUT2D eigenvalue weighted by Crippen LogP contribution is -2.15. The van der Waals surface area contributed by atoms with Gasteiger partial charge in [-0.15, -0.1) is 0 Å². The van der Waals surface area contributed by atoms with Crippen LogP contribution >= 0.6 is 0 Å². The Bertz CT molecular complexity index is 943. The quantitative estimate of drug-likeness (QED) is 0.733. The molecule has 6 heteroatoms. The summed E-state index contributed by atoms with van der Waals surface area (Å²) in [6.07, 6.45) is 3.88. The molecule has 1 aromatic heterocycles. The predicted molar refractivity (Wildman–Crippen MR) is 100 cm³/mol. The highest BCUT2D eigenvalue weighted by atomic mass is 16.1. The van der Waals surface area contributed by atoms with Gasteiger partial charge in [-0.3, -0.25) is 4.79 Å². The van der Waals surface area contributed by atoms with Gasteiger partial charge in [0.25, 0.3) is 5.91 Å². The van der Waals surface area contributed by atoms with Crippen LogP contribution in [0.25, 0.3) is 0 Å². The standard InChI is InChI=1S/C20H17N5O/c1-2-14-7-9-16(10-8-14)24-19-13-22-18(12-23-19)20(26)25-17-6-4-3-5-15(17)11-21/h3-10,12-13H,2H2,1H3,(H,23,24)(H,25,26). The zero-order valence-electron chi connectivity index (χ0n) is 14.2. The molecule has 0 spiro atoms. The summed E-state index contributed by atoms with van der Waals surface area (Å²) >= 11 is 0. The van der Waals surface area contributed by atoms with E-state index in [0.29, 0.717) is 17.1 Å². The summed E-state index contributed by atoms with van der Waals surface area (Å²) < 4.78 is 0. The zero-order valence-corrected chi connectivity index (χ0v) is 14.2. The summed E-state index contributed by atoms with van der Waals surface area (Å²) in [5.74, 6) is 0.127. The Morgan fingerprint density at radius 3 is 2.50 bits per heavy atom. The number of para-hydroxylation sites is 1. The van der Waals surface area contributed by atoms with Crippen LogP contribution in [0.2, 0.25) is 0 Å². The van der Waals surface area contributed by atoms with Crippen LogP contribution in [0.3, 0.4) is 0 Å². The molecular formula is C20H17N5O. The largest absolute Gasteiger partial charge is 0.339 e. The second kappa shape index (κ2) is 7.90. The van der Waals surface area contributed by atoms with Gasteiger partial charge in [0, 0.05) is 5.69 Å². The summed E-state index contributed by atoms with van der Waals surface area (Å²) in [5, 5.41) is 14.9. The molecule has 0 bridgehead atoms. The molecule has 26 heavy (non-hydrogen) atoms. The number of hydrogen-bond donors (Lipinski definition) is 2. The lowest BCUT2D eigenvalue weighted by molar-refractivity contribution is 0.102. The highest BCUT2D eigenvalue weighted by Crippen LogP contribution is 2.16. The third kappa shape index (κ3) is 4.02. The fourth-order valence-electron chi connectivity index (χ4n) is 2.36. The van der Waals surface area contributed by atoms with E-state index in [2.05, 4.69) is 27.5 Å². The Hall–Kier alpha value is -3.72. The number of anilines is 3. The van der Waals surface area contributed by atoms with Gasteiger partial charge in [0.2, 0.25) is 0 Å². The molecule has 2 aromatic carbocycles. The minimum absolute atomic E-state index is 0.171. The maximum atomic E-state index is 12.3. The van der Waals surface area contributed by atoms with Crippen molar-refractivity contribution in [2.24, 2.45) is 0 Å². The maximum Gasteiger partial charge on any atom is 0.275 e. The molecule has 128 valence electrons. The maximum absolute atomic E-state index is 12.3. The van der Waals surface area contributed by atoms with E-state index < -0.39 is 5.91 Å². The average Bonchev–Trinajstić information content (AvgIpc) is 2.69. The van der Waals surface area contributed by atoms with Crippen LogP contribution in [0.4, 0.5) is 17.2 Å². The summed E-state index contributed by atoms with van der Waals surface area (Å²) in [6.45, 7) is 2.10. The molecule has 3 aromatic rings. The number of nitrogens with one attached hydrogen (secondary N) is 2.